The molecule has 2 aromatic carbocycles. The third-order valence-corrected chi connectivity index (χ3v) is 5.01. The maximum absolute atomic E-state index is 12.6. The topological polar surface area (TPSA) is 74.3 Å². The standard InChI is InChI=1S/C23H23NO6/c1-27-19-13-16(14-20-23(19)29-12-11-28-20)8-9-22(26)30-15-21(25)24-10-4-6-17-5-2-3-7-18(17)24/h2-3,5,7-9,13-14H,4,6,10-12,15H2,1H3/b9-8+. The van der Waals surface area contributed by atoms with Crippen LogP contribution in [0.5, 0.6) is 17.2 Å². The van der Waals surface area contributed by atoms with Gasteiger partial charge in [-0.2, -0.15) is 0 Å². The first-order valence-electron chi connectivity index (χ1n) is 9.86. The third-order valence-electron chi connectivity index (χ3n) is 5.01. The molecule has 0 saturated carbocycles. The summed E-state index contributed by atoms with van der Waals surface area (Å²) in [5.41, 5.74) is 2.73. The zero-order valence-electron chi connectivity index (χ0n) is 16.8. The smallest absolute Gasteiger partial charge is 0.331 e. The van der Waals surface area contributed by atoms with Gasteiger partial charge >= 0.3 is 5.97 Å². The molecule has 0 bridgehead atoms. The first-order valence-corrected chi connectivity index (χ1v) is 9.86. The van der Waals surface area contributed by atoms with E-state index < -0.39 is 5.97 Å². The van der Waals surface area contributed by atoms with Crippen LogP contribution in [0, 0.1) is 0 Å². The molecule has 0 saturated heterocycles. The number of aryl methyl sites for hydroxylation is 1. The van der Waals surface area contributed by atoms with Crippen LogP contribution in [0.3, 0.4) is 0 Å². The lowest BCUT2D eigenvalue weighted by Gasteiger charge is -2.29. The number of ether oxygens (including phenoxy) is 4. The van der Waals surface area contributed by atoms with Crippen molar-refractivity contribution < 1.29 is 28.5 Å². The number of carbonyl (C=O) groups excluding carboxylic acids is 2. The largest absolute Gasteiger partial charge is 0.493 e. The summed E-state index contributed by atoms with van der Waals surface area (Å²) >= 11 is 0. The third kappa shape index (κ3) is 4.25. The van der Waals surface area contributed by atoms with Crippen LogP contribution >= 0.6 is 0 Å². The van der Waals surface area contributed by atoms with Gasteiger partial charge in [-0.25, -0.2) is 4.79 Å². The fourth-order valence-electron chi connectivity index (χ4n) is 3.61. The molecule has 0 atom stereocenters. The number of para-hydroxylation sites is 1. The number of benzene rings is 2. The number of esters is 1. The van der Waals surface area contributed by atoms with Crippen LogP contribution in [-0.4, -0.2) is 45.4 Å². The minimum absolute atomic E-state index is 0.232. The molecule has 0 radical (unpaired) electrons. The number of fused-ring (bicyclic) bond motifs is 2. The Bertz CT molecular complexity index is 966. The van der Waals surface area contributed by atoms with E-state index in [-0.39, 0.29) is 12.5 Å². The van der Waals surface area contributed by atoms with Crippen LogP contribution < -0.4 is 19.1 Å². The molecule has 30 heavy (non-hydrogen) atoms. The van der Waals surface area contributed by atoms with E-state index in [9.17, 15) is 9.59 Å². The Morgan fingerprint density at radius 1 is 1.17 bits per heavy atom. The van der Waals surface area contributed by atoms with Gasteiger partial charge in [0.05, 0.1) is 7.11 Å². The number of carbonyl (C=O) groups is 2. The molecule has 2 aliphatic rings. The summed E-state index contributed by atoms with van der Waals surface area (Å²) in [6.07, 6.45) is 4.70. The van der Waals surface area contributed by atoms with Crippen molar-refractivity contribution in [1.29, 1.82) is 0 Å². The first kappa shape index (κ1) is 19.8. The molecule has 0 aromatic heterocycles. The maximum Gasteiger partial charge on any atom is 0.331 e. The summed E-state index contributed by atoms with van der Waals surface area (Å²) in [4.78, 5) is 26.4. The van der Waals surface area contributed by atoms with Gasteiger partial charge in [0, 0.05) is 18.3 Å². The highest BCUT2D eigenvalue weighted by Crippen LogP contribution is 2.40. The van der Waals surface area contributed by atoms with Crippen LogP contribution in [0.15, 0.2) is 42.5 Å². The average Bonchev–Trinajstić information content (AvgIpc) is 2.80. The van der Waals surface area contributed by atoms with Crippen molar-refractivity contribution in [3.63, 3.8) is 0 Å². The van der Waals surface area contributed by atoms with Gasteiger partial charge in [0.1, 0.15) is 13.2 Å². The minimum Gasteiger partial charge on any atom is -0.493 e. The molecule has 2 aliphatic heterocycles. The Morgan fingerprint density at radius 3 is 2.87 bits per heavy atom. The zero-order chi connectivity index (χ0) is 20.9. The monoisotopic (exact) mass is 409 g/mol. The summed E-state index contributed by atoms with van der Waals surface area (Å²) < 4.78 is 21.6. The summed E-state index contributed by atoms with van der Waals surface area (Å²) in [5.74, 6) is 0.815. The van der Waals surface area contributed by atoms with Crippen molar-refractivity contribution >= 4 is 23.6 Å². The molecular formula is C23H23NO6. The van der Waals surface area contributed by atoms with Gasteiger partial charge < -0.3 is 23.8 Å². The van der Waals surface area contributed by atoms with Crippen molar-refractivity contribution in [3.05, 3.63) is 53.6 Å². The van der Waals surface area contributed by atoms with E-state index in [1.165, 1.54) is 6.08 Å². The second-order valence-corrected chi connectivity index (χ2v) is 6.97. The molecule has 0 N–H and O–H groups in total. The highest BCUT2D eigenvalue weighted by Gasteiger charge is 2.23. The van der Waals surface area contributed by atoms with E-state index in [1.54, 1.807) is 30.2 Å². The molecule has 0 aliphatic carbocycles. The Hall–Kier alpha value is -3.48. The van der Waals surface area contributed by atoms with E-state index in [4.69, 9.17) is 18.9 Å². The molecule has 0 fully saturated rings. The average molecular weight is 409 g/mol. The predicted octanol–water partition coefficient (Wildman–Crippen LogP) is 3.00. The van der Waals surface area contributed by atoms with Gasteiger partial charge in [-0.05, 0) is 48.2 Å². The summed E-state index contributed by atoms with van der Waals surface area (Å²) in [6, 6.07) is 11.3. The number of anilines is 1. The predicted molar refractivity (Wildman–Crippen MR) is 111 cm³/mol. The molecule has 0 unspecified atom stereocenters. The normalized spacial score (nSPS) is 14.9. The number of nitrogens with zero attached hydrogens (tertiary/aromatic N) is 1. The Balaban J connectivity index is 1.37. The molecule has 2 heterocycles. The molecule has 2 aromatic rings. The van der Waals surface area contributed by atoms with Crippen molar-refractivity contribution in [2.24, 2.45) is 0 Å². The Labute approximate surface area is 174 Å². The minimum atomic E-state index is -0.595. The Morgan fingerprint density at radius 2 is 2.00 bits per heavy atom. The number of hydrogen-bond donors (Lipinski definition) is 0. The van der Waals surface area contributed by atoms with Gasteiger partial charge in [-0.3, -0.25) is 4.79 Å². The Kier molecular flexibility index (Phi) is 5.88. The highest BCUT2D eigenvalue weighted by atomic mass is 16.6. The van der Waals surface area contributed by atoms with Crippen molar-refractivity contribution in [3.8, 4) is 17.2 Å². The number of methoxy groups -OCH3 is 1. The fourth-order valence-corrected chi connectivity index (χ4v) is 3.61. The van der Waals surface area contributed by atoms with Gasteiger partial charge in [-0.15, -0.1) is 0 Å². The molecule has 4 rings (SSSR count). The number of rotatable bonds is 5. The molecule has 7 heteroatoms. The van der Waals surface area contributed by atoms with Crippen LogP contribution in [0.25, 0.3) is 6.08 Å². The van der Waals surface area contributed by atoms with Gasteiger partial charge in [-0.1, -0.05) is 18.2 Å². The molecular weight excluding hydrogens is 386 g/mol. The van der Waals surface area contributed by atoms with Crippen molar-refractivity contribution in [2.45, 2.75) is 12.8 Å². The van der Waals surface area contributed by atoms with E-state index in [0.29, 0.717) is 42.6 Å². The molecule has 7 nitrogen and oxygen atoms in total. The summed E-state index contributed by atoms with van der Waals surface area (Å²) in [7, 11) is 1.54. The first-order chi connectivity index (χ1) is 14.7. The summed E-state index contributed by atoms with van der Waals surface area (Å²) in [5, 5.41) is 0. The van der Waals surface area contributed by atoms with E-state index in [2.05, 4.69) is 0 Å². The van der Waals surface area contributed by atoms with Crippen molar-refractivity contribution in [2.75, 3.05) is 38.4 Å². The fraction of sp³-hybridized carbons (Fsp3) is 0.304. The molecule has 1 amide bonds. The molecule has 156 valence electrons. The van der Waals surface area contributed by atoms with Crippen molar-refractivity contribution in [1.82, 2.24) is 0 Å². The van der Waals surface area contributed by atoms with Crippen LogP contribution in [0.1, 0.15) is 17.5 Å². The van der Waals surface area contributed by atoms with Crippen LogP contribution in [0.2, 0.25) is 0 Å². The second kappa shape index (κ2) is 8.90. The van der Waals surface area contributed by atoms with Crippen LogP contribution in [0.4, 0.5) is 5.69 Å². The molecule has 0 spiro atoms. The highest BCUT2D eigenvalue weighted by molar-refractivity contribution is 5.97. The number of amides is 1. The second-order valence-electron chi connectivity index (χ2n) is 6.97. The quantitative estimate of drug-likeness (QED) is 0.558. The van der Waals surface area contributed by atoms with E-state index in [0.717, 1.165) is 24.1 Å². The van der Waals surface area contributed by atoms with Gasteiger partial charge in [0.15, 0.2) is 18.1 Å². The van der Waals surface area contributed by atoms with Gasteiger partial charge in [0.25, 0.3) is 5.91 Å². The van der Waals surface area contributed by atoms with Crippen LogP contribution in [-0.2, 0) is 20.7 Å². The van der Waals surface area contributed by atoms with E-state index >= 15 is 0 Å². The summed E-state index contributed by atoms with van der Waals surface area (Å²) in [6.45, 7) is 1.23. The SMILES string of the molecule is COc1cc(/C=C/C(=O)OCC(=O)N2CCCc3ccccc32)cc2c1OCCO2. The lowest BCUT2D eigenvalue weighted by Crippen LogP contribution is -2.38. The van der Waals surface area contributed by atoms with Gasteiger partial charge in [0.2, 0.25) is 5.75 Å². The lowest BCUT2D eigenvalue weighted by molar-refractivity contribution is -0.142. The van der Waals surface area contributed by atoms with E-state index in [1.807, 2.05) is 24.3 Å². The zero-order valence-corrected chi connectivity index (χ0v) is 16.8. The maximum atomic E-state index is 12.6. The number of hydrogen-bond acceptors (Lipinski definition) is 6. The lowest BCUT2D eigenvalue weighted by atomic mass is 10.0.